The number of carbonyl (C=O) groups excluding carboxylic acids is 1. The number of nitrogens with one attached hydrogen (secondary N) is 1. The van der Waals surface area contributed by atoms with Gasteiger partial charge in [0, 0.05) is 18.0 Å². The summed E-state index contributed by atoms with van der Waals surface area (Å²) in [5.41, 5.74) is 2.32. The molecule has 2 heterocycles. The molecule has 0 aliphatic rings. The van der Waals surface area contributed by atoms with E-state index in [4.69, 9.17) is 9.68 Å². The highest BCUT2D eigenvalue weighted by molar-refractivity contribution is 6.10. The molecule has 33 heavy (non-hydrogen) atoms. The number of nitrogens with zero attached hydrogens (tertiary/aromatic N) is 7. The molecule has 11 heteroatoms. The summed E-state index contributed by atoms with van der Waals surface area (Å²) in [6, 6.07) is 14.6. The van der Waals surface area contributed by atoms with Gasteiger partial charge in [-0.1, -0.05) is 67.5 Å². The van der Waals surface area contributed by atoms with Crippen LogP contribution in [-0.4, -0.2) is 42.7 Å². The third kappa shape index (κ3) is 6.66. The molecule has 11 nitrogen and oxygen atoms in total. The van der Waals surface area contributed by atoms with Gasteiger partial charge in [-0.05, 0) is 29.5 Å². The van der Waals surface area contributed by atoms with Gasteiger partial charge in [0.15, 0.2) is 12.3 Å². The number of amides is 1. The molecule has 0 aliphatic carbocycles. The molecule has 3 rings (SSSR count). The lowest BCUT2D eigenvalue weighted by Crippen LogP contribution is -2.19. The molecule has 172 valence electrons. The number of aryl methyl sites for hydroxylation is 1. The molecule has 0 aliphatic heterocycles. The fourth-order valence-corrected chi connectivity index (χ4v) is 2.42. The first kappa shape index (κ1) is 23.5. The lowest BCUT2D eigenvalue weighted by molar-refractivity contribution is 0.128. The molecular weight excluding hydrogens is 424 g/mol. The summed E-state index contributed by atoms with van der Waals surface area (Å²) in [6.45, 7) is 7.79. The van der Waals surface area contributed by atoms with Gasteiger partial charge in [0.25, 0.3) is 0 Å². The number of pyridine rings is 1. The number of benzene rings is 1. The van der Waals surface area contributed by atoms with Crippen LogP contribution in [0.4, 0.5) is 10.6 Å². The zero-order valence-corrected chi connectivity index (χ0v) is 19.2. The Morgan fingerprint density at radius 3 is 2.52 bits per heavy atom. The van der Waals surface area contributed by atoms with Crippen molar-refractivity contribution < 1.29 is 14.5 Å². The molecule has 1 N–H and O–H groups in total. The summed E-state index contributed by atoms with van der Waals surface area (Å²) in [4.78, 5) is 26.8. The molecular formula is C22H26N8O3. The zero-order valence-electron chi connectivity index (χ0n) is 19.2. The van der Waals surface area contributed by atoms with E-state index < -0.39 is 6.09 Å². The number of rotatable bonds is 7. The quantitative estimate of drug-likeness (QED) is 0.331. The summed E-state index contributed by atoms with van der Waals surface area (Å²) in [7, 11) is 1.72. The van der Waals surface area contributed by atoms with E-state index in [1.54, 1.807) is 32.2 Å². The van der Waals surface area contributed by atoms with Gasteiger partial charge in [0.05, 0.1) is 11.4 Å². The molecule has 1 aromatic carbocycles. The number of aromatic nitrogens is 5. The lowest BCUT2D eigenvalue weighted by atomic mass is 9.91. The molecule has 0 fully saturated rings. The number of carbonyl (C=O) groups is 1. The van der Waals surface area contributed by atoms with E-state index in [0.717, 1.165) is 5.56 Å². The first-order valence-electron chi connectivity index (χ1n) is 10.2. The fraction of sp³-hybridized carbons (Fsp3) is 0.318. The predicted octanol–water partition coefficient (Wildman–Crippen LogP) is 3.54. The van der Waals surface area contributed by atoms with Crippen molar-refractivity contribution in [3.63, 3.8) is 0 Å². The van der Waals surface area contributed by atoms with Crippen LogP contribution in [0.15, 0.2) is 58.8 Å². The van der Waals surface area contributed by atoms with E-state index in [9.17, 15) is 4.79 Å². The molecule has 0 unspecified atom stereocenters. The lowest BCUT2D eigenvalue weighted by Gasteiger charge is -2.16. The largest absolute Gasteiger partial charge is 0.439 e. The Bertz CT molecular complexity index is 1150. The maximum Gasteiger partial charge on any atom is 0.439 e. The van der Waals surface area contributed by atoms with Crippen LogP contribution in [-0.2, 0) is 23.3 Å². The summed E-state index contributed by atoms with van der Waals surface area (Å²) >= 11 is 0. The minimum absolute atomic E-state index is 0.0630. The fourth-order valence-electron chi connectivity index (χ4n) is 2.42. The highest BCUT2D eigenvalue weighted by Gasteiger charge is 2.16. The molecule has 0 saturated heterocycles. The van der Waals surface area contributed by atoms with Crippen molar-refractivity contribution in [1.82, 2.24) is 25.2 Å². The third-order valence-corrected chi connectivity index (χ3v) is 4.64. The Morgan fingerprint density at radius 2 is 1.85 bits per heavy atom. The number of hydrogen-bond donors (Lipinski definition) is 1. The number of hydrogen-bond acceptors (Lipinski definition) is 9. The third-order valence-electron chi connectivity index (χ3n) is 4.64. The van der Waals surface area contributed by atoms with Crippen LogP contribution in [0.1, 0.15) is 44.8 Å². The molecule has 3 aromatic rings. The molecule has 0 atom stereocenters. The Kier molecular flexibility index (Phi) is 7.44. The molecule has 0 radical (unpaired) electrons. The Labute approximate surface area is 191 Å². The van der Waals surface area contributed by atoms with Crippen LogP contribution >= 0.6 is 0 Å². The second-order valence-corrected chi connectivity index (χ2v) is 8.15. The average molecular weight is 451 g/mol. The van der Waals surface area contributed by atoms with Gasteiger partial charge in [0.1, 0.15) is 5.82 Å². The van der Waals surface area contributed by atoms with Gasteiger partial charge in [-0.25, -0.2) is 14.5 Å². The number of anilines is 1. The van der Waals surface area contributed by atoms with Crippen molar-refractivity contribution in [2.75, 3.05) is 5.32 Å². The predicted molar refractivity (Wildman–Crippen MR) is 123 cm³/mol. The highest BCUT2D eigenvalue weighted by atomic mass is 16.7. The zero-order chi connectivity index (χ0) is 23.8. The van der Waals surface area contributed by atoms with Gasteiger partial charge >= 0.3 is 6.09 Å². The first-order valence-corrected chi connectivity index (χ1v) is 10.2. The van der Waals surface area contributed by atoms with Gasteiger partial charge in [-0.15, -0.1) is 5.10 Å². The molecule has 2 aromatic heterocycles. The van der Waals surface area contributed by atoms with Crippen molar-refractivity contribution in [2.24, 2.45) is 22.8 Å². The summed E-state index contributed by atoms with van der Waals surface area (Å²) in [5.74, 6) is 0.757. The van der Waals surface area contributed by atoms with Crippen molar-refractivity contribution in [2.45, 2.75) is 34.3 Å². The number of tetrazole rings is 1. The van der Waals surface area contributed by atoms with Crippen molar-refractivity contribution in [1.29, 1.82) is 0 Å². The van der Waals surface area contributed by atoms with Crippen LogP contribution in [0.2, 0.25) is 0 Å². The van der Waals surface area contributed by atoms with Gasteiger partial charge in [-0.3, -0.25) is 10.2 Å². The van der Waals surface area contributed by atoms with E-state index in [2.05, 4.69) is 36.1 Å². The summed E-state index contributed by atoms with van der Waals surface area (Å²) < 4.78 is 1.51. The van der Waals surface area contributed by atoms with Crippen LogP contribution in [0.25, 0.3) is 0 Å². The van der Waals surface area contributed by atoms with Crippen LogP contribution in [0.5, 0.6) is 0 Å². The van der Waals surface area contributed by atoms with Gasteiger partial charge in [-0.2, -0.15) is 0 Å². The van der Waals surface area contributed by atoms with E-state index in [1.807, 2.05) is 51.1 Å². The minimum Gasteiger partial charge on any atom is -0.389 e. The maximum absolute atomic E-state index is 12.0. The Morgan fingerprint density at radius 1 is 1.09 bits per heavy atom. The first-order chi connectivity index (χ1) is 15.7. The summed E-state index contributed by atoms with van der Waals surface area (Å²) in [6.07, 6.45) is -0.733. The second-order valence-electron chi connectivity index (χ2n) is 8.15. The standard InChI is InChI=1S/C22H26N8O3/c1-15(22(2,3)4)26-33-21(31)24-18-13-9-12-17(23-18)14-32-27-19(16-10-7-6-8-11-16)20-25-28-29-30(20)5/h6-13H,14H2,1-5H3,(H,23,24,31)/b26-15+,27-19-. The normalized spacial score (nSPS) is 12.4. The maximum atomic E-state index is 12.0. The molecule has 0 spiro atoms. The second kappa shape index (κ2) is 10.4. The topological polar surface area (TPSA) is 129 Å². The van der Waals surface area contributed by atoms with Crippen molar-refractivity contribution >= 4 is 23.3 Å². The SMILES string of the molecule is C/C(=N\OC(=O)Nc1cccc(CO/N=C(/c2ccccc2)c2nnnn2C)n1)C(C)(C)C. The molecule has 1 amide bonds. The van der Waals surface area contributed by atoms with E-state index in [-0.39, 0.29) is 12.0 Å². The molecule has 0 bridgehead atoms. The van der Waals surface area contributed by atoms with Crippen LogP contribution in [0.3, 0.4) is 0 Å². The van der Waals surface area contributed by atoms with Gasteiger partial charge < -0.3 is 4.84 Å². The van der Waals surface area contributed by atoms with Crippen molar-refractivity contribution in [3.8, 4) is 0 Å². The number of oxime groups is 2. The van der Waals surface area contributed by atoms with E-state index >= 15 is 0 Å². The average Bonchev–Trinajstić information content (AvgIpc) is 3.20. The minimum atomic E-state index is -0.733. The highest BCUT2D eigenvalue weighted by Crippen LogP contribution is 2.16. The van der Waals surface area contributed by atoms with Crippen LogP contribution < -0.4 is 5.32 Å². The van der Waals surface area contributed by atoms with Crippen molar-refractivity contribution in [3.05, 3.63) is 65.6 Å². The monoisotopic (exact) mass is 450 g/mol. The Hall–Kier alpha value is -4.15. The molecule has 0 saturated carbocycles. The van der Waals surface area contributed by atoms with Gasteiger partial charge in [0.2, 0.25) is 5.82 Å². The van der Waals surface area contributed by atoms with Crippen LogP contribution in [0, 0.1) is 5.41 Å². The van der Waals surface area contributed by atoms with E-state index in [1.165, 1.54) is 4.68 Å². The smallest absolute Gasteiger partial charge is 0.389 e. The summed E-state index contributed by atoms with van der Waals surface area (Å²) in [5, 5.41) is 22.2. The van der Waals surface area contributed by atoms with E-state index in [0.29, 0.717) is 28.8 Å². The Balaban J connectivity index is 1.67.